The minimum absolute atomic E-state index is 0.729. The highest BCUT2D eigenvalue weighted by atomic mass is 79.9. The summed E-state index contributed by atoms with van der Waals surface area (Å²) in [5.74, 6) is 0. The molecular weight excluding hydrogens is 282 g/mol. The summed E-state index contributed by atoms with van der Waals surface area (Å²) in [6, 6.07) is 6.13. The lowest BCUT2D eigenvalue weighted by Crippen LogP contribution is -1.80. The van der Waals surface area contributed by atoms with Gasteiger partial charge in [-0.05, 0) is 56.8 Å². The third-order valence-electron chi connectivity index (χ3n) is 1.64. The van der Waals surface area contributed by atoms with Gasteiger partial charge in [0.15, 0.2) is 0 Å². The number of aliphatic imine (C=N–C) groups is 1. The molecule has 3 heteroatoms. The highest BCUT2D eigenvalue weighted by molar-refractivity contribution is 9.39. The van der Waals surface area contributed by atoms with Gasteiger partial charge in [-0.3, -0.25) is 0 Å². The van der Waals surface area contributed by atoms with Crippen molar-refractivity contribution in [3.63, 3.8) is 0 Å². The summed E-state index contributed by atoms with van der Waals surface area (Å²) in [7, 11) is 0. The Morgan fingerprint density at radius 2 is 1.67 bits per heavy atom. The number of hydrogen-bond donors (Lipinski definition) is 0. The van der Waals surface area contributed by atoms with Gasteiger partial charge in [0, 0.05) is 0 Å². The monoisotopic (exact) mass is 289 g/mol. The Hall–Kier alpha value is -0.150. The zero-order valence-corrected chi connectivity index (χ0v) is 10.1. The topological polar surface area (TPSA) is 12.4 Å². The normalized spacial score (nSPS) is 9.67. The Kier molecular flexibility index (Phi) is 3.47. The molecule has 64 valence electrons. The van der Waals surface area contributed by atoms with E-state index in [2.05, 4.69) is 62.8 Å². The number of rotatable bonds is 1. The standard InChI is InChI=1S/C9H9Br2N/c1-6-4-3-5-7(2)8(6)12-9(10)11/h3-5H,1-2H3. The number of aryl methyl sites for hydroxylation is 2. The molecule has 0 fully saturated rings. The lowest BCUT2D eigenvalue weighted by molar-refractivity contribution is 1.34. The molecule has 0 saturated carbocycles. The first-order valence-corrected chi connectivity index (χ1v) is 5.16. The van der Waals surface area contributed by atoms with Crippen molar-refractivity contribution < 1.29 is 0 Å². The highest BCUT2D eigenvalue weighted by Crippen LogP contribution is 2.24. The first kappa shape index (κ1) is 9.93. The summed E-state index contributed by atoms with van der Waals surface area (Å²) in [5, 5.41) is 0. The second-order valence-corrected chi connectivity index (χ2v) is 5.16. The predicted molar refractivity (Wildman–Crippen MR) is 60.9 cm³/mol. The fourth-order valence-electron chi connectivity index (χ4n) is 1.07. The van der Waals surface area contributed by atoms with Gasteiger partial charge in [0.2, 0.25) is 0 Å². The van der Waals surface area contributed by atoms with Gasteiger partial charge in [-0.15, -0.1) is 0 Å². The van der Waals surface area contributed by atoms with Gasteiger partial charge in [0.1, 0.15) is 3.53 Å². The summed E-state index contributed by atoms with van der Waals surface area (Å²) >= 11 is 6.49. The summed E-state index contributed by atoms with van der Waals surface area (Å²) < 4.78 is 0.729. The van der Waals surface area contributed by atoms with Crippen molar-refractivity contribution >= 4 is 41.1 Å². The smallest absolute Gasteiger partial charge is 0.149 e. The van der Waals surface area contributed by atoms with Crippen LogP contribution in [0, 0.1) is 13.8 Å². The van der Waals surface area contributed by atoms with Crippen molar-refractivity contribution in [1.82, 2.24) is 0 Å². The van der Waals surface area contributed by atoms with E-state index in [-0.39, 0.29) is 0 Å². The summed E-state index contributed by atoms with van der Waals surface area (Å²) in [4.78, 5) is 4.31. The van der Waals surface area contributed by atoms with Crippen molar-refractivity contribution in [2.45, 2.75) is 13.8 Å². The van der Waals surface area contributed by atoms with E-state index in [0.717, 1.165) is 9.22 Å². The summed E-state index contributed by atoms with van der Waals surface area (Å²) in [5.41, 5.74) is 3.40. The lowest BCUT2D eigenvalue weighted by Gasteiger charge is -2.02. The average molecular weight is 291 g/mol. The molecule has 0 atom stereocenters. The molecule has 12 heavy (non-hydrogen) atoms. The second kappa shape index (κ2) is 4.19. The van der Waals surface area contributed by atoms with Crippen LogP contribution < -0.4 is 0 Å². The molecule has 0 unspecified atom stereocenters. The van der Waals surface area contributed by atoms with Gasteiger partial charge in [0.25, 0.3) is 0 Å². The van der Waals surface area contributed by atoms with Crippen LogP contribution in [0.5, 0.6) is 0 Å². The van der Waals surface area contributed by atoms with Gasteiger partial charge < -0.3 is 0 Å². The Morgan fingerprint density at radius 3 is 2.08 bits per heavy atom. The van der Waals surface area contributed by atoms with E-state index >= 15 is 0 Å². The Bertz CT molecular complexity index is 294. The first-order chi connectivity index (χ1) is 5.61. The van der Waals surface area contributed by atoms with Gasteiger partial charge in [0.05, 0.1) is 5.69 Å². The van der Waals surface area contributed by atoms with Crippen molar-refractivity contribution in [3.05, 3.63) is 29.3 Å². The molecule has 1 nitrogen and oxygen atoms in total. The summed E-state index contributed by atoms with van der Waals surface area (Å²) in [6.45, 7) is 4.10. The van der Waals surface area contributed by atoms with Crippen LogP contribution in [0.2, 0.25) is 0 Å². The Labute approximate surface area is 89.2 Å². The molecule has 0 radical (unpaired) electrons. The molecule has 0 amide bonds. The van der Waals surface area contributed by atoms with Gasteiger partial charge in [-0.25, -0.2) is 4.99 Å². The van der Waals surface area contributed by atoms with Crippen LogP contribution in [0.25, 0.3) is 0 Å². The first-order valence-electron chi connectivity index (χ1n) is 3.57. The minimum Gasteiger partial charge on any atom is -0.233 e. The van der Waals surface area contributed by atoms with Crippen LogP contribution in [-0.2, 0) is 0 Å². The van der Waals surface area contributed by atoms with E-state index in [0.29, 0.717) is 0 Å². The zero-order chi connectivity index (χ0) is 9.14. The third kappa shape index (κ3) is 2.42. The maximum atomic E-state index is 4.31. The molecular formula is C9H9Br2N. The van der Waals surface area contributed by atoms with Crippen LogP contribution in [0.3, 0.4) is 0 Å². The van der Waals surface area contributed by atoms with Crippen molar-refractivity contribution in [3.8, 4) is 0 Å². The quantitative estimate of drug-likeness (QED) is 0.691. The van der Waals surface area contributed by atoms with E-state index in [9.17, 15) is 0 Å². The van der Waals surface area contributed by atoms with E-state index in [1.54, 1.807) is 0 Å². The molecule has 0 heterocycles. The Balaban J connectivity index is 3.22. The van der Waals surface area contributed by atoms with Crippen LogP contribution >= 0.6 is 31.9 Å². The van der Waals surface area contributed by atoms with Crippen LogP contribution in [0.1, 0.15) is 11.1 Å². The van der Waals surface area contributed by atoms with E-state index in [1.165, 1.54) is 11.1 Å². The van der Waals surface area contributed by atoms with Crippen LogP contribution in [-0.4, -0.2) is 3.53 Å². The van der Waals surface area contributed by atoms with Crippen LogP contribution in [0.4, 0.5) is 5.69 Å². The van der Waals surface area contributed by atoms with Gasteiger partial charge in [-0.1, -0.05) is 18.2 Å². The molecule has 0 saturated heterocycles. The number of nitrogens with zero attached hydrogens (tertiary/aromatic N) is 1. The van der Waals surface area contributed by atoms with Crippen molar-refractivity contribution in [2.24, 2.45) is 4.99 Å². The predicted octanol–water partition coefficient (Wildman–Crippen LogP) is 4.08. The van der Waals surface area contributed by atoms with E-state index < -0.39 is 0 Å². The fourth-order valence-corrected chi connectivity index (χ4v) is 1.42. The lowest BCUT2D eigenvalue weighted by atomic mass is 10.1. The second-order valence-electron chi connectivity index (χ2n) is 2.59. The molecule has 0 aliphatic carbocycles. The molecule has 1 aromatic carbocycles. The fraction of sp³-hybridized carbons (Fsp3) is 0.222. The summed E-state index contributed by atoms with van der Waals surface area (Å²) in [6.07, 6.45) is 0. The molecule has 1 rings (SSSR count). The maximum Gasteiger partial charge on any atom is 0.149 e. The molecule has 0 aliphatic rings. The number of para-hydroxylation sites is 1. The number of benzene rings is 1. The highest BCUT2D eigenvalue weighted by Gasteiger charge is 1.99. The number of halogens is 2. The van der Waals surface area contributed by atoms with Crippen molar-refractivity contribution in [2.75, 3.05) is 0 Å². The van der Waals surface area contributed by atoms with E-state index in [1.807, 2.05) is 6.07 Å². The van der Waals surface area contributed by atoms with E-state index in [4.69, 9.17) is 0 Å². The number of hydrogen-bond acceptors (Lipinski definition) is 1. The molecule has 0 spiro atoms. The molecule has 1 aromatic rings. The molecule has 0 aliphatic heterocycles. The largest absolute Gasteiger partial charge is 0.233 e. The molecule has 0 aromatic heterocycles. The van der Waals surface area contributed by atoms with Gasteiger partial charge >= 0.3 is 0 Å². The third-order valence-corrected chi connectivity index (χ3v) is 1.99. The van der Waals surface area contributed by atoms with Crippen LogP contribution in [0.15, 0.2) is 23.2 Å². The molecule has 0 N–H and O–H groups in total. The van der Waals surface area contributed by atoms with Gasteiger partial charge in [-0.2, -0.15) is 0 Å². The zero-order valence-electron chi connectivity index (χ0n) is 6.94. The average Bonchev–Trinajstić information content (AvgIpc) is 1.97. The SMILES string of the molecule is Cc1cccc(C)c1N=C(Br)Br. The minimum atomic E-state index is 0.729. The molecule has 0 bridgehead atoms. The van der Waals surface area contributed by atoms with Crippen molar-refractivity contribution in [1.29, 1.82) is 0 Å². The Morgan fingerprint density at radius 1 is 1.17 bits per heavy atom. The maximum absolute atomic E-state index is 4.31.